The van der Waals surface area contributed by atoms with E-state index in [9.17, 15) is 8.42 Å². The van der Waals surface area contributed by atoms with Crippen molar-refractivity contribution in [2.24, 2.45) is 0 Å². The first-order valence-corrected chi connectivity index (χ1v) is 9.81. The molecule has 4 nitrogen and oxygen atoms in total. The maximum absolute atomic E-state index is 11.6. The van der Waals surface area contributed by atoms with Crippen LogP contribution in [0.2, 0.25) is 0 Å². The van der Waals surface area contributed by atoms with Crippen LogP contribution in [-0.4, -0.2) is 44.7 Å². The van der Waals surface area contributed by atoms with Gasteiger partial charge in [-0.05, 0) is 39.2 Å². The Bertz CT molecular complexity index is 337. The zero-order valence-corrected chi connectivity index (χ0v) is 14.7. The largest absolute Gasteiger partial charge is 0.374 e. The second-order valence-corrected chi connectivity index (χ2v) is 7.67. The highest BCUT2D eigenvalue weighted by atomic mass is 32.2. The van der Waals surface area contributed by atoms with Crippen LogP contribution in [0.4, 0.5) is 0 Å². The lowest BCUT2D eigenvalue weighted by Crippen LogP contribution is -2.52. The molecule has 0 aromatic heterocycles. The minimum absolute atomic E-state index is 0.180. The molecule has 0 rings (SSSR count). The number of likely N-dealkylation sites (N-methyl/N-ethyl adjacent to an activating group) is 1. The molecule has 0 aromatic carbocycles. The lowest BCUT2D eigenvalue weighted by molar-refractivity contribution is -0.0735. The third kappa shape index (κ3) is 6.10. The fourth-order valence-corrected chi connectivity index (χ4v) is 3.68. The molecule has 0 aromatic rings. The highest BCUT2D eigenvalue weighted by Crippen LogP contribution is 2.28. The number of nitrogens with one attached hydrogen (secondary N) is 1. The summed E-state index contributed by atoms with van der Waals surface area (Å²) >= 11 is 0. The van der Waals surface area contributed by atoms with Gasteiger partial charge in [-0.25, -0.2) is 8.42 Å². The summed E-state index contributed by atoms with van der Waals surface area (Å²) in [6.45, 7) is 11.7. The number of hydrogen-bond acceptors (Lipinski definition) is 4. The van der Waals surface area contributed by atoms with E-state index < -0.39 is 9.84 Å². The number of rotatable bonds is 12. The first kappa shape index (κ1) is 19.9. The minimum Gasteiger partial charge on any atom is -0.374 e. The van der Waals surface area contributed by atoms with Crippen molar-refractivity contribution >= 4 is 9.84 Å². The summed E-state index contributed by atoms with van der Waals surface area (Å²) in [5, 5.41) is 3.49. The first-order valence-electron chi connectivity index (χ1n) is 7.99. The Morgan fingerprint density at radius 3 is 2.10 bits per heavy atom. The lowest BCUT2D eigenvalue weighted by atomic mass is 9.85. The summed E-state index contributed by atoms with van der Waals surface area (Å²) in [4.78, 5) is 0. The van der Waals surface area contributed by atoms with Crippen molar-refractivity contribution in [3.05, 3.63) is 0 Å². The van der Waals surface area contributed by atoms with Gasteiger partial charge in [0.25, 0.3) is 0 Å². The van der Waals surface area contributed by atoms with E-state index in [0.29, 0.717) is 13.0 Å². The maximum atomic E-state index is 11.6. The Hall–Kier alpha value is -0.130. The molecule has 122 valence electrons. The molecular formula is C15H33NO3S. The quantitative estimate of drug-likeness (QED) is 0.602. The van der Waals surface area contributed by atoms with Gasteiger partial charge in [-0.1, -0.05) is 27.7 Å². The Labute approximate surface area is 125 Å². The fourth-order valence-electron chi connectivity index (χ4n) is 2.78. The Kier molecular flexibility index (Phi) is 9.68. The standard InChI is InChI=1S/C15H33NO3S/c1-6-15(7-2,19-9-4)14(16-8-3)12-11-13-20(17,18)10-5/h14,16H,6-13H2,1-5H3. The minimum atomic E-state index is -2.87. The van der Waals surface area contributed by atoms with E-state index in [2.05, 4.69) is 26.1 Å². The smallest absolute Gasteiger partial charge is 0.150 e. The molecule has 1 unspecified atom stereocenters. The summed E-state index contributed by atoms with van der Waals surface area (Å²) in [7, 11) is -2.87. The Morgan fingerprint density at radius 2 is 1.70 bits per heavy atom. The van der Waals surface area contributed by atoms with Crippen LogP contribution >= 0.6 is 0 Å². The molecular weight excluding hydrogens is 274 g/mol. The van der Waals surface area contributed by atoms with Crippen LogP contribution in [0.25, 0.3) is 0 Å². The summed E-state index contributed by atoms with van der Waals surface area (Å²) in [6, 6.07) is 0.217. The van der Waals surface area contributed by atoms with Gasteiger partial charge >= 0.3 is 0 Å². The Balaban J connectivity index is 4.75. The molecule has 0 saturated carbocycles. The molecule has 0 aliphatic carbocycles. The molecule has 0 aliphatic rings. The normalized spacial score (nSPS) is 14.4. The number of hydrogen-bond donors (Lipinski definition) is 1. The van der Waals surface area contributed by atoms with Crippen LogP contribution in [0.3, 0.4) is 0 Å². The van der Waals surface area contributed by atoms with E-state index in [4.69, 9.17) is 4.74 Å². The molecule has 1 N–H and O–H groups in total. The van der Waals surface area contributed by atoms with Crippen molar-refractivity contribution in [3.8, 4) is 0 Å². The van der Waals surface area contributed by atoms with Crippen LogP contribution in [-0.2, 0) is 14.6 Å². The second kappa shape index (κ2) is 9.74. The van der Waals surface area contributed by atoms with Crippen LogP contribution in [0.5, 0.6) is 0 Å². The van der Waals surface area contributed by atoms with Crippen LogP contribution in [0, 0.1) is 0 Å². The highest BCUT2D eigenvalue weighted by Gasteiger charge is 2.35. The average molecular weight is 308 g/mol. The van der Waals surface area contributed by atoms with Gasteiger partial charge in [-0.2, -0.15) is 0 Å². The molecule has 5 heteroatoms. The predicted octanol–water partition coefficient (Wildman–Crippen LogP) is 2.77. The van der Waals surface area contributed by atoms with Gasteiger partial charge in [0, 0.05) is 18.4 Å². The van der Waals surface area contributed by atoms with Gasteiger partial charge in [0.2, 0.25) is 0 Å². The van der Waals surface area contributed by atoms with Crippen LogP contribution in [0.1, 0.15) is 60.3 Å². The first-order chi connectivity index (χ1) is 9.41. The molecule has 20 heavy (non-hydrogen) atoms. The van der Waals surface area contributed by atoms with Crippen molar-refractivity contribution < 1.29 is 13.2 Å². The van der Waals surface area contributed by atoms with Crippen molar-refractivity contribution in [2.45, 2.75) is 71.9 Å². The van der Waals surface area contributed by atoms with Gasteiger partial charge in [-0.3, -0.25) is 0 Å². The van der Waals surface area contributed by atoms with Crippen LogP contribution in [0.15, 0.2) is 0 Å². The van der Waals surface area contributed by atoms with Gasteiger partial charge in [0.15, 0.2) is 0 Å². The Morgan fingerprint density at radius 1 is 1.10 bits per heavy atom. The lowest BCUT2D eigenvalue weighted by Gasteiger charge is -2.40. The van der Waals surface area contributed by atoms with Gasteiger partial charge < -0.3 is 10.1 Å². The van der Waals surface area contributed by atoms with Gasteiger partial charge in [0.05, 0.1) is 11.4 Å². The van der Waals surface area contributed by atoms with Gasteiger partial charge in [0.1, 0.15) is 9.84 Å². The zero-order chi connectivity index (χ0) is 15.6. The van der Waals surface area contributed by atoms with E-state index in [1.54, 1.807) is 6.92 Å². The van der Waals surface area contributed by atoms with E-state index in [1.807, 2.05) is 6.92 Å². The van der Waals surface area contributed by atoms with E-state index in [-0.39, 0.29) is 23.1 Å². The predicted molar refractivity (Wildman–Crippen MR) is 86.0 cm³/mol. The monoisotopic (exact) mass is 307 g/mol. The fraction of sp³-hybridized carbons (Fsp3) is 1.00. The number of ether oxygens (including phenoxy) is 1. The molecule has 0 saturated heterocycles. The van der Waals surface area contributed by atoms with Crippen LogP contribution < -0.4 is 5.32 Å². The third-order valence-corrected chi connectivity index (χ3v) is 5.89. The summed E-state index contributed by atoms with van der Waals surface area (Å²) in [5.41, 5.74) is -0.180. The molecule has 0 bridgehead atoms. The van der Waals surface area contributed by atoms with Crippen molar-refractivity contribution in [3.63, 3.8) is 0 Å². The topological polar surface area (TPSA) is 55.4 Å². The summed E-state index contributed by atoms with van der Waals surface area (Å²) in [5.74, 6) is 0.512. The summed E-state index contributed by atoms with van der Waals surface area (Å²) in [6.07, 6.45) is 3.42. The highest BCUT2D eigenvalue weighted by molar-refractivity contribution is 7.91. The molecule has 0 amide bonds. The third-order valence-electron chi connectivity index (χ3n) is 4.10. The average Bonchev–Trinajstić information content (AvgIpc) is 2.44. The second-order valence-electron chi connectivity index (χ2n) is 5.19. The van der Waals surface area contributed by atoms with E-state index in [0.717, 1.165) is 25.8 Å². The number of sulfone groups is 1. The van der Waals surface area contributed by atoms with E-state index in [1.165, 1.54) is 0 Å². The van der Waals surface area contributed by atoms with Crippen molar-refractivity contribution in [1.82, 2.24) is 5.32 Å². The molecule has 0 fully saturated rings. The van der Waals surface area contributed by atoms with Crippen molar-refractivity contribution in [1.29, 1.82) is 0 Å². The van der Waals surface area contributed by atoms with E-state index >= 15 is 0 Å². The molecule has 0 aliphatic heterocycles. The molecule has 0 heterocycles. The zero-order valence-electron chi connectivity index (χ0n) is 13.9. The van der Waals surface area contributed by atoms with Gasteiger partial charge in [-0.15, -0.1) is 0 Å². The SMILES string of the molecule is CCNC(CCCS(=O)(=O)CC)C(CC)(CC)OCC. The molecule has 0 radical (unpaired) electrons. The maximum Gasteiger partial charge on any atom is 0.150 e. The summed E-state index contributed by atoms with van der Waals surface area (Å²) < 4.78 is 29.2. The molecule has 0 spiro atoms. The van der Waals surface area contributed by atoms with Crippen molar-refractivity contribution in [2.75, 3.05) is 24.7 Å². The molecule has 1 atom stereocenters.